The Labute approximate surface area is 152 Å². The number of carbonyl (C=O) groups excluding carboxylic acids is 1. The minimum Gasteiger partial charge on any atom is -0.493 e. The highest BCUT2D eigenvalue weighted by atomic mass is 16.5. The molecule has 1 atom stereocenters. The summed E-state index contributed by atoms with van der Waals surface area (Å²) in [5.74, 6) is 1.30. The summed E-state index contributed by atoms with van der Waals surface area (Å²) >= 11 is 0. The first-order chi connectivity index (χ1) is 12.4. The van der Waals surface area contributed by atoms with Gasteiger partial charge in [0.25, 0.3) is 0 Å². The molecule has 7 heteroatoms. The van der Waals surface area contributed by atoms with Gasteiger partial charge in [-0.2, -0.15) is 0 Å². The summed E-state index contributed by atoms with van der Waals surface area (Å²) in [6, 6.07) is 8.11. The summed E-state index contributed by atoms with van der Waals surface area (Å²) in [5, 5.41) is 18.1. The molecule has 2 aliphatic heterocycles. The lowest BCUT2D eigenvalue weighted by Crippen LogP contribution is -2.51. The van der Waals surface area contributed by atoms with E-state index < -0.39 is 5.60 Å². The number of ether oxygens (including phenoxy) is 1. The van der Waals surface area contributed by atoms with Gasteiger partial charge >= 0.3 is 0 Å². The van der Waals surface area contributed by atoms with Crippen molar-refractivity contribution < 1.29 is 14.6 Å². The van der Waals surface area contributed by atoms with E-state index in [0.29, 0.717) is 31.8 Å². The second-order valence-electron chi connectivity index (χ2n) is 7.67. The zero-order valence-electron chi connectivity index (χ0n) is 15.1. The fraction of sp³-hybridized carbons (Fsp3) is 0.526. The van der Waals surface area contributed by atoms with Crippen LogP contribution in [0, 0.1) is 0 Å². The van der Waals surface area contributed by atoms with Crippen LogP contribution in [0.2, 0.25) is 0 Å². The zero-order valence-corrected chi connectivity index (χ0v) is 15.1. The Kier molecular flexibility index (Phi) is 4.19. The summed E-state index contributed by atoms with van der Waals surface area (Å²) in [5.41, 5.74) is 0.671. The molecule has 1 unspecified atom stereocenters. The topological polar surface area (TPSA) is 80.5 Å². The quantitative estimate of drug-likeness (QED) is 0.904. The molecule has 4 rings (SSSR count). The minimum absolute atomic E-state index is 0.129. The van der Waals surface area contributed by atoms with Crippen LogP contribution in [-0.2, 0) is 10.4 Å². The van der Waals surface area contributed by atoms with Crippen molar-refractivity contribution in [2.24, 2.45) is 0 Å². The van der Waals surface area contributed by atoms with E-state index in [2.05, 4.69) is 16.4 Å². The van der Waals surface area contributed by atoms with Gasteiger partial charge < -0.3 is 14.7 Å². The maximum atomic E-state index is 12.6. The number of benzene rings is 1. The first kappa shape index (κ1) is 17.0. The normalized spacial score (nSPS) is 20.3. The maximum Gasteiger partial charge on any atom is 0.223 e. The zero-order chi connectivity index (χ0) is 18.3. The van der Waals surface area contributed by atoms with Crippen LogP contribution in [0.25, 0.3) is 0 Å². The Balaban J connectivity index is 1.35. The average molecular weight is 356 g/mol. The molecule has 26 heavy (non-hydrogen) atoms. The first-order valence-electron chi connectivity index (χ1n) is 9.06. The van der Waals surface area contributed by atoms with Gasteiger partial charge in [0, 0.05) is 19.5 Å². The third-order valence-corrected chi connectivity index (χ3v) is 5.23. The van der Waals surface area contributed by atoms with Crippen molar-refractivity contribution in [3.8, 4) is 5.75 Å². The van der Waals surface area contributed by atoms with Gasteiger partial charge in [-0.3, -0.25) is 4.79 Å². The first-order valence-corrected chi connectivity index (χ1v) is 9.06. The smallest absolute Gasteiger partial charge is 0.223 e. The highest BCUT2D eigenvalue weighted by Crippen LogP contribution is 2.36. The molecule has 7 nitrogen and oxygen atoms in total. The number of fused-ring (bicyclic) bond motifs is 1. The monoisotopic (exact) mass is 356 g/mol. The number of rotatable bonds is 4. The lowest BCUT2D eigenvalue weighted by Gasteiger charge is -2.40. The van der Waals surface area contributed by atoms with E-state index >= 15 is 0 Å². The second-order valence-corrected chi connectivity index (χ2v) is 7.67. The van der Waals surface area contributed by atoms with E-state index in [-0.39, 0.29) is 17.9 Å². The molecule has 3 heterocycles. The fourth-order valence-electron chi connectivity index (χ4n) is 3.53. The van der Waals surface area contributed by atoms with Crippen molar-refractivity contribution in [3.05, 3.63) is 41.7 Å². The number of hydrogen-bond donors (Lipinski definition) is 1. The van der Waals surface area contributed by atoms with Crippen LogP contribution in [0.4, 0.5) is 0 Å². The third kappa shape index (κ3) is 3.19. The molecule has 0 radical (unpaired) electrons. The van der Waals surface area contributed by atoms with Crippen LogP contribution >= 0.6 is 0 Å². The standard InChI is InChI=1S/C19H24N4O3/c1-19(2,25)17-12-23(21-20-17)14-10-22(11-14)18(24)9-13-7-8-26-16-6-4-3-5-15(13)16/h3-6,12-14,25H,7-11H2,1-2H3. The molecule has 1 saturated heterocycles. The largest absolute Gasteiger partial charge is 0.493 e. The van der Waals surface area contributed by atoms with Crippen molar-refractivity contribution in [1.29, 1.82) is 0 Å². The maximum absolute atomic E-state index is 12.6. The summed E-state index contributed by atoms with van der Waals surface area (Å²) in [6.07, 6.45) is 3.15. The van der Waals surface area contributed by atoms with E-state index in [4.69, 9.17) is 4.74 Å². The van der Waals surface area contributed by atoms with Crippen LogP contribution in [0.5, 0.6) is 5.75 Å². The van der Waals surface area contributed by atoms with Crippen LogP contribution in [0.15, 0.2) is 30.5 Å². The number of carbonyl (C=O) groups is 1. The Bertz CT molecular complexity index is 805. The SMILES string of the molecule is CC(C)(O)c1cn(C2CN(C(=O)CC3CCOc4ccccc43)C2)nn1. The van der Waals surface area contributed by atoms with Crippen molar-refractivity contribution in [3.63, 3.8) is 0 Å². The van der Waals surface area contributed by atoms with Crippen molar-refractivity contribution >= 4 is 5.91 Å². The van der Waals surface area contributed by atoms with E-state index in [0.717, 1.165) is 17.7 Å². The van der Waals surface area contributed by atoms with Gasteiger partial charge in [-0.1, -0.05) is 23.4 Å². The molecule has 0 saturated carbocycles. The summed E-state index contributed by atoms with van der Waals surface area (Å²) in [7, 11) is 0. The Morgan fingerprint density at radius 2 is 2.12 bits per heavy atom. The lowest BCUT2D eigenvalue weighted by atomic mass is 9.89. The number of aromatic nitrogens is 3. The summed E-state index contributed by atoms with van der Waals surface area (Å²) in [4.78, 5) is 14.5. The van der Waals surface area contributed by atoms with Gasteiger partial charge in [-0.05, 0) is 37.8 Å². The number of hydrogen-bond acceptors (Lipinski definition) is 5. The predicted octanol–water partition coefficient (Wildman–Crippen LogP) is 1.85. The van der Waals surface area contributed by atoms with Crippen LogP contribution in [0.3, 0.4) is 0 Å². The van der Waals surface area contributed by atoms with Crippen molar-refractivity contribution in [2.75, 3.05) is 19.7 Å². The van der Waals surface area contributed by atoms with Crippen LogP contribution < -0.4 is 4.74 Å². The number of para-hydroxylation sites is 1. The van der Waals surface area contributed by atoms with E-state index in [1.54, 1.807) is 24.7 Å². The van der Waals surface area contributed by atoms with Crippen LogP contribution in [0.1, 0.15) is 49.9 Å². The van der Waals surface area contributed by atoms with E-state index in [1.165, 1.54) is 0 Å². The van der Waals surface area contributed by atoms with Gasteiger partial charge in [-0.15, -0.1) is 5.10 Å². The van der Waals surface area contributed by atoms with Gasteiger partial charge in [0.1, 0.15) is 17.0 Å². The Morgan fingerprint density at radius 1 is 1.35 bits per heavy atom. The molecule has 0 bridgehead atoms. The van der Waals surface area contributed by atoms with E-state index in [9.17, 15) is 9.90 Å². The number of amides is 1. The molecule has 0 aliphatic carbocycles. The lowest BCUT2D eigenvalue weighted by molar-refractivity contribution is -0.137. The number of aliphatic hydroxyl groups is 1. The minimum atomic E-state index is -1.01. The van der Waals surface area contributed by atoms with E-state index in [1.807, 2.05) is 23.1 Å². The molecular weight excluding hydrogens is 332 g/mol. The number of nitrogens with zero attached hydrogens (tertiary/aromatic N) is 4. The average Bonchev–Trinajstić information content (AvgIpc) is 3.04. The molecule has 1 aromatic carbocycles. The molecule has 1 amide bonds. The molecule has 138 valence electrons. The molecule has 0 spiro atoms. The van der Waals surface area contributed by atoms with Gasteiger partial charge in [-0.25, -0.2) is 4.68 Å². The summed E-state index contributed by atoms with van der Waals surface area (Å²) in [6.45, 7) is 5.31. The molecule has 1 aromatic heterocycles. The third-order valence-electron chi connectivity index (χ3n) is 5.23. The fourth-order valence-corrected chi connectivity index (χ4v) is 3.53. The van der Waals surface area contributed by atoms with Crippen molar-refractivity contribution in [2.45, 2.75) is 44.2 Å². The second kappa shape index (κ2) is 6.39. The Hall–Kier alpha value is -2.41. The molecular formula is C19H24N4O3. The van der Waals surface area contributed by atoms with Crippen LogP contribution in [-0.4, -0.2) is 50.6 Å². The van der Waals surface area contributed by atoms with Crippen molar-refractivity contribution in [1.82, 2.24) is 19.9 Å². The van der Waals surface area contributed by atoms with Gasteiger partial charge in [0.05, 0.1) is 18.8 Å². The number of likely N-dealkylation sites (tertiary alicyclic amines) is 1. The summed E-state index contributed by atoms with van der Waals surface area (Å²) < 4.78 is 7.43. The molecule has 2 aromatic rings. The van der Waals surface area contributed by atoms with Gasteiger partial charge in [0.15, 0.2) is 0 Å². The Morgan fingerprint density at radius 3 is 2.85 bits per heavy atom. The van der Waals surface area contributed by atoms with Gasteiger partial charge in [0.2, 0.25) is 5.91 Å². The highest BCUT2D eigenvalue weighted by Gasteiger charge is 2.35. The highest BCUT2D eigenvalue weighted by molar-refractivity contribution is 5.78. The predicted molar refractivity (Wildman–Crippen MR) is 94.8 cm³/mol. The molecule has 1 fully saturated rings. The molecule has 1 N–H and O–H groups in total. The molecule has 2 aliphatic rings.